The molecule has 28 heavy (non-hydrogen) atoms. The van der Waals surface area contributed by atoms with Gasteiger partial charge in [0.05, 0.1) is 23.9 Å². The number of aromatic nitrogens is 1. The number of halogens is 1. The zero-order valence-corrected chi connectivity index (χ0v) is 16.7. The summed E-state index contributed by atoms with van der Waals surface area (Å²) in [5, 5.41) is 3.39. The molecule has 5 nitrogen and oxygen atoms in total. The molecule has 3 rings (SSSR count). The van der Waals surface area contributed by atoms with Gasteiger partial charge in [-0.15, -0.1) is 0 Å². The van der Waals surface area contributed by atoms with Crippen LogP contribution >= 0.6 is 11.6 Å². The lowest BCUT2D eigenvalue weighted by molar-refractivity contribution is 0.102. The Morgan fingerprint density at radius 1 is 1.11 bits per heavy atom. The highest BCUT2D eigenvalue weighted by Gasteiger charge is 2.15. The van der Waals surface area contributed by atoms with Crippen LogP contribution in [0.3, 0.4) is 0 Å². The van der Waals surface area contributed by atoms with Crippen LogP contribution in [0.5, 0.6) is 11.5 Å². The van der Waals surface area contributed by atoms with E-state index in [1.807, 2.05) is 32.0 Å². The Bertz CT molecular complexity index is 989. The summed E-state index contributed by atoms with van der Waals surface area (Å²) in [5.41, 5.74) is 2.44. The normalized spacial score (nSPS) is 10.6. The Kier molecular flexibility index (Phi) is 6.16. The summed E-state index contributed by atoms with van der Waals surface area (Å²) in [6.45, 7) is 3.90. The molecule has 0 saturated heterocycles. The van der Waals surface area contributed by atoms with Gasteiger partial charge in [-0.3, -0.25) is 9.78 Å². The lowest BCUT2D eigenvalue weighted by Gasteiger charge is -2.13. The third-order valence-electron chi connectivity index (χ3n) is 3.94. The zero-order valence-electron chi connectivity index (χ0n) is 15.9. The van der Waals surface area contributed by atoms with Crippen LogP contribution in [0.25, 0.3) is 11.3 Å². The molecule has 0 aliphatic heterocycles. The molecule has 1 aromatic heterocycles. The van der Waals surface area contributed by atoms with Gasteiger partial charge in [-0.1, -0.05) is 17.7 Å². The first-order chi connectivity index (χ1) is 13.5. The minimum Gasteiger partial charge on any atom is -0.496 e. The number of benzene rings is 2. The average Bonchev–Trinajstić information content (AvgIpc) is 2.67. The summed E-state index contributed by atoms with van der Waals surface area (Å²) < 4.78 is 11.1. The minimum absolute atomic E-state index is 0.0566. The van der Waals surface area contributed by atoms with Crippen LogP contribution in [0, 0.1) is 0 Å². The number of rotatable bonds is 6. The number of nitrogens with zero attached hydrogens (tertiary/aromatic N) is 1. The third kappa shape index (κ3) is 4.61. The van der Waals surface area contributed by atoms with E-state index in [2.05, 4.69) is 10.3 Å². The van der Waals surface area contributed by atoms with Gasteiger partial charge in [-0.05, 0) is 56.3 Å². The number of ether oxygens (including phenoxy) is 2. The van der Waals surface area contributed by atoms with Crippen LogP contribution in [0.15, 0.2) is 60.8 Å². The van der Waals surface area contributed by atoms with Gasteiger partial charge in [-0.2, -0.15) is 0 Å². The van der Waals surface area contributed by atoms with E-state index in [9.17, 15) is 4.79 Å². The molecule has 0 aliphatic carbocycles. The molecule has 6 heteroatoms. The fourth-order valence-corrected chi connectivity index (χ4v) is 2.96. The lowest BCUT2D eigenvalue weighted by atomic mass is 10.1. The van der Waals surface area contributed by atoms with E-state index in [1.165, 1.54) is 0 Å². The van der Waals surface area contributed by atoms with Crippen molar-refractivity contribution in [2.45, 2.75) is 20.0 Å². The van der Waals surface area contributed by atoms with Gasteiger partial charge in [0.1, 0.15) is 11.5 Å². The molecule has 0 spiro atoms. The Morgan fingerprint density at radius 2 is 1.93 bits per heavy atom. The van der Waals surface area contributed by atoms with Crippen LogP contribution in [0.4, 0.5) is 5.69 Å². The molecule has 0 atom stereocenters. The van der Waals surface area contributed by atoms with Crippen LogP contribution in [-0.2, 0) is 0 Å². The van der Waals surface area contributed by atoms with Crippen molar-refractivity contribution in [3.05, 3.63) is 71.4 Å². The minimum atomic E-state index is -0.251. The maximum atomic E-state index is 12.7. The van der Waals surface area contributed by atoms with Crippen molar-refractivity contribution in [3.8, 4) is 22.8 Å². The molecule has 2 aromatic carbocycles. The highest BCUT2D eigenvalue weighted by atomic mass is 35.5. The first kappa shape index (κ1) is 19.7. The van der Waals surface area contributed by atoms with Gasteiger partial charge >= 0.3 is 0 Å². The molecule has 0 radical (unpaired) electrons. The number of hydrogen-bond donors (Lipinski definition) is 1. The van der Waals surface area contributed by atoms with Crippen molar-refractivity contribution in [1.82, 2.24) is 4.98 Å². The quantitative estimate of drug-likeness (QED) is 0.601. The third-order valence-corrected chi connectivity index (χ3v) is 4.25. The predicted molar refractivity (Wildman–Crippen MR) is 111 cm³/mol. The summed E-state index contributed by atoms with van der Waals surface area (Å²) in [7, 11) is 1.55. The second-order valence-electron chi connectivity index (χ2n) is 6.40. The van der Waals surface area contributed by atoms with Crippen LogP contribution in [0.1, 0.15) is 24.2 Å². The summed E-state index contributed by atoms with van der Waals surface area (Å²) >= 11 is 6.24. The smallest absolute Gasteiger partial charge is 0.255 e. The molecule has 0 saturated carbocycles. The van der Waals surface area contributed by atoms with Crippen molar-refractivity contribution < 1.29 is 14.3 Å². The fourth-order valence-electron chi connectivity index (χ4n) is 2.73. The van der Waals surface area contributed by atoms with E-state index >= 15 is 0 Å². The standard InChI is InChI=1S/C22H21ClN2O3/c1-14(2)28-17-7-4-6-16(13-17)25-22(26)15-9-10-18(20(12-15)27-3)21-19(23)8-5-11-24-21/h4-14H,1-3H3,(H,25,26). The Labute approximate surface area is 169 Å². The predicted octanol–water partition coefficient (Wildman–Crippen LogP) is 5.45. The number of hydrogen-bond acceptors (Lipinski definition) is 4. The number of anilines is 1. The highest BCUT2D eigenvalue weighted by Crippen LogP contribution is 2.34. The zero-order chi connectivity index (χ0) is 20.1. The maximum absolute atomic E-state index is 12.7. The lowest BCUT2D eigenvalue weighted by Crippen LogP contribution is -2.12. The maximum Gasteiger partial charge on any atom is 0.255 e. The molecule has 1 heterocycles. The summed E-state index contributed by atoms with van der Waals surface area (Å²) in [6, 6.07) is 16.0. The summed E-state index contributed by atoms with van der Waals surface area (Å²) in [6.07, 6.45) is 1.72. The van der Waals surface area contributed by atoms with Crippen LogP contribution in [-0.4, -0.2) is 24.1 Å². The molecule has 0 bridgehead atoms. The fraction of sp³-hybridized carbons (Fsp3) is 0.182. The van der Waals surface area contributed by atoms with Gasteiger partial charge in [-0.25, -0.2) is 0 Å². The molecule has 0 fully saturated rings. The van der Waals surface area contributed by atoms with Gasteiger partial charge in [0, 0.05) is 29.1 Å². The topological polar surface area (TPSA) is 60.5 Å². The molecular weight excluding hydrogens is 376 g/mol. The number of nitrogens with one attached hydrogen (secondary N) is 1. The monoisotopic (exact) mass is 396 g/mol. The number of carbonyl (C=O) groups excluding carboxylic acids is 1. The van der Waals surface area contributed by atoms with Crippen molar-refractivity contribution in [3.63, 3.8) is 0 Å². The van der Waals surface area contributed by atoms with Crippen molar-refractivity contribution >= 4 is 23.2 Å². The van der Waals surface area contributed by atoms with Crippen molar-refractivity contribution in [1.29, 1.82) is 0 Å². The summed E-state index contributed by atoms with van der Waals surface area (Å²) in [5.74, 6) is 0.967. The van der Waals surface area contributed by atoms with Crippen LogP contribution in [0.2, 0.25) is 5.02 Å². The second kappa shape index (κ2) is 8.76. The molecular formula is C22H21ClN2O3. The first-order valence-electron chi connectivity index (χ1n) is 8.85. The van der Waals surface area contributed by atoms with E-state index in [1.54, 1.807) is 49.7 Å². The number of carbonyl (C=O) groups is 1. The van der Waals surface area contributed by atoms with E-state index in [-0.39, 0.29) is 12.0 Å². The van der Waals surface area contributed by atoms with E-state index in [4.69, 9.17) is 21.1 Å². The van der Waals surface area contributed by atoms with Gasteiger partial charge < -0.3 is 14.8 Å². The Balaban J connectivity index is 1.84. The van der Waals surface area contributed by atoms with Crippen molar-refractivity contribution in [2.75, 3.05) is 12.4 Å². The van der Waals surface area contributed by atoms with Gasteiger partial charge in [0.25, 0.3) is 5.91 Å². The highest BCUT2D eigenvalue weighted by molar-refractivity contribution is 6.33. The number of amides is 1. The average molecular weight is 397 g/mol. The van der Waals surface area contributed by atoms with Crippen molar-refractivity contribution in [2.24, 2.45) is 0 Å². The molecule has 3 aromatic rings. The molecule has 1 amide bonds. The van der Waals surface area contributed by atoms with Gasteiger partial charge in [0.15, 0.2) is 0 Å². The van der Waals surface area contributed by atoms with Crippen LogP contribution < -0.4 is 14.8 Å². The second-order valence-corrected chi connectivity index (χ2v) is 6.80. The summed E-state index contributed by atoms with van der Waals surface area (Å²) in [4.78, 5) is 17.0. The molecule has 0 unspecified atom stereocenters. The molecule has 1 N–H and O–H groups in total. The van der Waals surface area contributed by atoms with E-state index in [0.717, 1.165) is 5.56 Å². The molecule has 144 valence electrons. The van der Waals surface area contributed by atoms with E-state index < -0.39 is 0 Å². The Morgan fingerprint density at radius 3 is 2.64 bits per heavy atom. The largest absolute Gasteiger partial charge is 0.496 e. The molecule has 0 aliphatic rings. The SMILES string of the molecule is COc1cc(C(=O)Nc2cccc(OC(C)C)c2)ccc1-c1ncccc1Cl. The van der Waals surface area contributed by atoms with E-state index in [0.29, 0.717) is 33.5 Å². The number of pyridine rings is 1. The van der Waals surface area contributed by atoms with Gasteiger partial charge in [0.2, 0.25) is 0 Å². The number of methoxy groups -OCH3 is 1. The first-order valence-corrected chi connectivity index (χ1v) is 9.22. The Hall–Kier alpha value is -3.05.